The van der Waals surface area contributed by atoms with Gasteiger partial charge in [0.2, 0.25) is 0 Å². The predicted octanol–water partition coefficient (Wildman–Crippen LogP) is 5.17. The molecular formula is C20H19N. The van der Waals surface area contributed by atoms with Crippen molar-refractivity contribution in [2.24, 2.45) is 0 Å². The standard InChI is InChI=1S/C20H19N/c1-2-15-9-6-7-12-17(15)19-14-8-13-18(20(19)21)16-10-4-3-5-11-16/h3-14H,2,21H2,1H3. The molecule has 1 nitrogen and oxygen atoms in total. The molecule has 21 heavy (non-hydrogen) atoms. The molecular weight excluding hydrogens is 254 g/mol. The quantitative estimate of drug-likeness (QED) is 0.655. The molecule has 0 aliphatic rings. The number of para-hydroxylation sites is 1. The van der Waals surface area contributed by atoms with Crippen LogP contribution in [0, 0.1) is 0 Å². The zero-order valence-corrected chi connectivity index (χ0v) is 12.2. The number of nitrogens with two attached hydrogens (primary N) is 1. The van der Waals surface area contributed by atoms with Gasteiger partial charge in [-0.2, -0.15) is 0 Å². The molecule has 0 saturated carbocycles. The van der Waals surface area contributed by atoms with E-state index in [9.17, 15) is 0 Å². The molecule has 104 valence electrons. The lowest BCUT2D eigenvalue weighted by Gasteiger charge is -2.14. The molecule has 2 N–H and O–H groups in total. The molecule has 0 fully saturated rings. The third-order valence-corrected chi connectivity index (χ3v) is 3.88. The lowest BCUT2D eigenvalue weighted by molar-refractivity contribution is 1.14. The Morgan fingerprint density at radius 2 is 1.29 bits per heavy atom. The van der Waals surface area contributed by atoms with Crippen molar-refractivity contribution in [1.29, 1.82) is 0 Å². The first-order valence-electron chi connectivity index (χ1n) is 7.33. The van der Waals surface area contributed by atoms with Crippen molar-refractivity contribution in [2.75, 3.05) is 5.73 Å². The molecule has 0 saturated heterocycles. The lowest BCUT2D eigenvalue weighted by atomic mass is 9.93. The van der Waals surface area contributed by atoms with Crippen molar-refractivity contribution >= 4 is 5.69 Å². The summed E-state index contributed by atoms with van der Waals surface area (Å²) in [5, 5.41) is 0. The van der Waals surface area contributed by atoms with Gasteiger partial charge in [0.15, 0.2) is 0 Å². The summed E-state index contributed by atoms with van der Waals surface area (Å²) in [4.78, 5) is 0. The summed E-state index contributed by atoms with van der Waals surface area (Å²) < 4.78 is 0. The van der Waals surface area contributed by atoms with Crippen molar-refractivity contribution in [3.63, 3.8) is 0 Å². The second-order valence-corrected chi connectivity index (χ2v) is 5.14. The smallest absolute Gasteiger partial charge is 0.0473 e. The maximum Gasteiger partial charge on any atom is 0.0473 e. The van der Waals surface area contributed by atoms with Gasteiger partial charge in [0.05, 0.1) is 0 Å². The van der Waals surface area contributed by atoms with Crippen LogP contribution < -0.4 is 5.73 Å². The third-order valence-electron chi connectivity index (χ3n) is 3.88. The minimum absolute atomic E-state index is 0.851. The van der Waals surface area contributed by atoms with E-state index in [1.807, 2.05) is 18.2 Å². The van der Waals surface area contributed by atoms with Crippen molar-refractivity contribution in [3.8, 4) is 22.3 Å². The first kappa shape index (κ1) is 13.4. The topological polar surface area (TPSA) is 26.0 Å². The van der Waals surface area contributed by atoms with Crippen LogP contribution in [0.1, 0.15) is 12.5 Å². The zero-order valence-electron chi connectivity index (χ0n) is 12.2. The van der Waals surface area contributed by atoms with Crippen LogP contribution in [-0.4, -0.2) is 0 Å². The molecule has 0 spiro atoms. The third kappa shape index (κ3) is 2.55. The van der Waals surface area contributed by atoms with Gasteiger partial charge in [0.25, 0.3) is 0 Å². The van der Waals surface area contributed by atoms with Gasteiger partial charge >= 0.3 is 0 Å². The van der Waals surface area contributed by atoms with E-state index in [1.54, 1.807) is 0 Å². The van der Waals surface area contributed by atoms with Crippen LogP contribution in [0.3, 0.4) is 0 Å². The first-order valence-corrected chi connectivity index (χ1v) is 7.33. The van der Waals surface area contributed by atoms with Gasteiger partial charge in [0.1, 0.15) is 0 Å². The highest BCUT2D eigenvalue weighted by molar-refractivity contribution is 5.89. The summed E-state index contributed by atoms with van der Waals surface area (Å²) in [7, 11) is 0. The molecule has 0 aliphatic carbocycles. The molecule has 0 unspecified atom stereocenters. The maximum absolute atomic E-state index is 6.47. The Hall–Kier alpha value is -2.54. The van der Waals surface area contributed by atoms with Gasteiger partial charge in [-0.3, -0.25) is 0 Å². The second-order valence-electron chi connectivity index (χ2n) is 5.14. The van der Waals surface area contributed by atoms with E-state index in [4.69, 9.17) is 5.73 Å². The van der Waals surface area contributed by atoms with Crippen molar-refractivity contribution < 1.29 is 0 Å². The van der Waals surface area contributed by atoms with Crippen LogP contribution >= 0.6 is 0 Å². The van der Waals surface area contributed by atoms with E-state index in [2.05, 4.69) is 61.5 Å². The summed E-state index contributed by atoms with van der Waals surface area (Å²) >= 11 is 0. The van der Waals surface area contributed by atoms with Crippen molar-refractivity contribution in [2.45, 2.75) is 13.3 Å². The van der Waals surface area contributed by atoms with E-state index >= 15 is 0 Å². The Balaban J connectivity index is 2.18. The van der Waals surface area contributed by atoms with Crippen LogP contribution in [0.4, 0.5) is 5.69 Å². The fraction of sp³-hybridized carbons (Fsp3) is 0.100. The lowest BCUT2D eigenvalue weighted by Crippen LogP contribution is -1.96. The van der Waals surface area contributed by atoms with E-state index in [1.165, 1.54) is 11.1 Å². The molecule has 0 aromatic heterocycles. The van der Waals surface area contributed by atoms with E-state index < -0.39 is 0 Å². The highest BCUT2D eigenvalue weighted by Gasteiger charge is 2.10. The molecule has 3 aromatic carbocycles. The Kier molecular flexibility index (Phi) is 3.74. The van der Waals surface area contributed by atoms with Gasteiger partial charge in [-0.15, -0.1) is 0 Å². The van der Waals surface area contributed by atoms with Gasteiger partial charge in [0, 0.05) is 16.8 Å². The normalized spacial score (nSPS) is 10.5. The molecule has 3 rings (SSSR count). The number of hydrogen-bond donors (Lipinski definition) is 1. The summed E-state index contributed by atoms with van der Waals surface area (Å²) in [6.07, 6.45) is 1.01. The molecule has 3 aromatic rings. The fourth-order valence-corrected chi connectivity index (χ4v) is 2.76. The number of nitrogen functional groups attached to an aromatic ring is 1. The van der Waals surface area contributed by atoms with Crippen LogP contribution in [-0.2, 0) is 6.42 Å². The van der Waals surface area contributed by atoms with Gasteiger partial charge in [-0.05, 0) is 23.1 Å². The van der Waals surface area contributed by atoms with E-state index in [-0.39, 0.29) is 0 Å². The number of benzene rings is 3. The van der Waals surface area contributed by atoms with E-state index in [0.717, 1.165) is 28.8 Å². The average Bonchev–Trinajstić information content (AvgIpc) is 2.56. The highest BCUT2D eigenvalue weighted by atomic mass is 14.6. The van der Waals surface area contributed by atoms with E-state index in [0.29, 0.717) is 0 Å². The zero-order chi connectivity index (χ0) is 14.7. The Morgan fingerprint density at radius 1 is 0.667 bits per heavy atom. The molecule has 0 bridgehead atoms. The summed E-state index contributed by atoms with van der Waals surface area (Å²) in [6.45, 7) is 2.18. The Labute approximate surface area is 126 Å². The summed E-state index contributed by atoms with van der Waals surface area (Å²) in [6, 6.07) is 25.1. The van der Waals surface area contributed by atoms with Gasteiger partial charge in [-0.1, -0.05) is 79.7 Å². The number of aryl methyl sites for hydroxylation is 1. The summed E-state index contributed by atoms with van der Waals surface area (Å²) in [5.74, 6) is 0. The van der Waals surface area contributed by atoms with Crippen LogP contribution in [0.25, 0.3) is 22.3 Å². The molecule has 0 atom stereocenters. The molecule has 0 amide bonds. The average molecular weight is 273 g/mol. The molecule has 0 heterocycles. The predicted molar refractivity (Wildman–Crippen MR) is 91.1 cm³/mol. The molecule has 1 heteroatoms. The van der Waals surface area contributed by atoms with Crippen LogP contribution in [0.5, 0.6) is 0 Å². The minimum atomic E-state index is 0.851. The SMILES string of the molecule is CCc1ccccc1-c1cccc(-c2ccccc2)c1N. The maximum atomic E-state index is 6.47. The van der Waals surface area contributed by atoms with Gasteiger partial charge < -0.3 is 5.73 Å². The minimum Gasteiger partial charge on any atom is -0.398 e. The summed E-state index contributed by atoms with van der Waals surface area (Å²) in [5.41, 5.74) is 13.3. The molecule has 0 radical (unpaired) electrons. The number of rotatable bonds is 3. The largest absolute Gasteiger partial charge is 0.398 e. The van der Waals surface area contributed by atoms with Crippen LogP contribution in [0.2, 0.25) is 0 Å². The highest BCUT2D eigenvalue weighted by Crippen LogP contribution is 2.36. The first-order chi connectivity index (χ1) is 10.3. The van der Waals surface area contributed by atoms with Crippen LogP contribution in [0.15, 0.2) is 72.8 Å². The van der Waals surface area contributed by atoms with Crippen molar-refractivity contribution in [1.82, 2.24) is 0 Å². The Morgan fingerprint density at radius 3 is 2.05 bits per heavy atom. The van der Waals surface area contributed by atoms with Gasteiger partial charge in [-0.25, -0.2) is 0 Å². The number of anilines is 1. The second kappa shape index (κ2) is 5.84. The fourth-order valence-electron chi connectivity index (χ4n) is 2.76. The number of hydrogen-bond acceptors (Lipinski definition) is 1. The Bertz CT molecular complexity index is 745. The monoisotopic (exact) mass is 273 g/mol. The molecule has 0 aliphatic heterocycles. The van der Waals surface area contributed by atoms with Crippen molar-refractivity contribution in [3.05, 3.63) is 78.4 Å².